The molecule has 0 unspecified atom stereocenters. The number of nitrogens with zero attached hydrogens (tertiary/aromatic N) is 1. The van der Waals surface area contributed by atoms with Crippen LogP contribution in [0, 0.1) is 0 Å². The van der Waals surface area contributed by atoms with E-state index < -0.39 is 50.7 Å². The molecule has 0 radical (unpaired) electrons. The van der Waals surface area contributed by atoms with Crippen molar-refractivity contribution in [1.82, 2.24) is 4.31 Å². The number of hydrogen-bond acceptors (Lipinski definition) is 3. The molecule has 0 bridgehead atoms. The summed E-state index contributed by atoms with van der Waals surface area (Å²) in [5, 5.41) is -6.71. The third-order valence-corrected chi connectivity index (χ3v) is 4.20. The number of sulfonamides is 1. The Bertz CT molecular complexity index is 473. The third-order valence-electron chi connectivity index (χ3n) is 2.29. The van der Waals surface area contributed by atoms with Gasteiger partial charge >= 0.3 is 23.3 Å². The summed E-state index contributed by atoms with van der Waals surface area (Å²) < 4.78 is 134. The lowest BCUT2D eigenvalue weighted by Crippen LogP contribution is -2.65. The Kier molecular flexibility index (Phi) is 5.26. The van der Waals surface area contributed by atoms with E-state index in [4.69, 9.17) is 5.73 Å². The molecule has 0 aromatic heterocycles. The topological polar surface area (TPSA) is 63.4 Å². The van der Waals surface area contributed by atoms with Crippen LogP contribution < -0.4 is 5.73 Å². The van der Waals surface area contributed by atoms with Crippen LogP contribution in [0.1, 0.15) is 0 Å². The van der Waals surface area contributed by atoms with Crippen LogP contribution in [0.2, 0.25) is 0 Å². The molecular weight excluding hydrogens is 347 g/mol. The first-order chi connectivity index (χ1) is 8.98. The van der Waals surface area contributed by atoms with E-state index in [-0.39, 0.29) is 7.05 Å². The van der Waals surface area contributed by atoms with Crippen LogP contribution in [0.4, 0.5) is 39.5 Å². The molecule has 4 nitrogen and oxygen atoms in total. The molecule has 128 valence electrons. The summed E-state index contributed by atoms with van der Waals surface area (Å²) in [6, 6.07) is 0. The maximum Gasteiger partial charge on any atom is 0.460 e. The summed E-state index contributed by atoms with van der Waals surface area (Å²) in [6.45, 7) is -1.65. The first-order valence-corrected chi connectivity index (χ1v) is 6.28. The highest BCUT2D eigenvalue weighted by atomic mass is 32.2. The Morgan fingerprint density at radius 1 is 0.905 bits per heavy atom. The summed E-state index contributed by atoms with van der Waals surface area (Å²) in [5.74, 6) is -14.5. The van der Waals surface area contributed by atoms with Crippen LogP contribution in [-0.2, 0) is 10.0 Å². The summed E-state index contributed by atoms with van der Waals surface area (Å²) >= 11 is 0. The number of hydrogen-bond donors (Lipinski definition) is 1. The quantitative estimate of drug-likeness (QED) is 0.736. The van der Waals surface area contributed by atoms with Gasteiger partial charge in [0.1, 0.15) is 0 Å². The lowest BCUT2D eigenvalue weighted by atomic mass is 10.1. The smallest absolute Gasteiger partial charge is 0.329 e. The first-order valence-electron chi connectivity index (χ1n) is 4.84. The molecule has 21 heavy (non-hydrogen) atoms. The van der Waals surface area contributed by atoms with Crippen molar-refractivity contribution in [3.63, 3.8) is 0 Å². The molecule has 0 heterocycles. The molecule has 0 saturated carbocycles. The van der Waals surface area contributed by atoms with Crippen molar-refractivity contribution in [1.29, 1.82) is 0 Å². The molecule has 0 aromatic rings. The van der Waals surface area contributed by atoms with E-state index in [0.29, 0.717) is 0 Å². The lowest BCUT2D eigenvalue weighted by Gasteiger charge is -2.34. The molecule has 0 rings (SSSR count). The van der Waals surface area contributed by atoms with Crippen LogP contribution in [-0.4, -0.2) is 56.1 Å². The molecule has 0 aliphatic rings. The highest BCUT2D eigenvalue weighted by molar-refractivity contribution is 7.90. The van der Waals surface area contributed by atoms with Gasteiger partial charge in [-0.2, -0.15) is 43.8 Å². The average molecular weight is 356 g/mol. The fraction of sp³-hybridized carbons (Fsp3) is 1.00. The highest BCUT2D eigenvalue weighted by Crippen LogP contribution is 2.55. The molecule has 0 aliphatic heterocycles. The average Bonchev–Trinajstić information content (AvgIpc) is 2.26. The van der Waals surface area contributed by atoms with Crippen LogP contribution in [0.25, 0.3) is 0 Å². The Hall–Kier alpha value is -0.760. The Morgan fingerprint density at radius 3 is 1.57 bits per heavy atom. The summed E-state index contributed by atoms with van der Waals surface area (Å²) in [4.78, 5) is 0. The second-order valence-electron chi connectivity index (χ2n) is 3.78. The minimum absolute atomic E-state index is 0.276. The van der Waals surface area contributed by atoms with Crippen molar-refractivity contribution in [3.8, 4) is 0 Å². The van der Waals surface area contributed by atoms with E-state index in [2.05, 4.69) is 0 Å². The second kappa shape index (κ2) is 5.46. The third kappa shape index (κ3) is 2.92. The van der Waals surface area contributed by atoms with Crippen molar-refractivity contribution in [2.45, 2.75) is 23.3 Å². The zero-order valence-electron chi connectivity index (χ0n) is 10.1. The number of rotatable bonds is 6. The van der Waals surface area contributed by atoms with Gasteiger partial charge in [-0.25, -0.2) is 8.42 Å². The van der Waals surface area contributed by atoms with Gasteiger partial charge in [0.05, 0.1) is 0 Å². The molecular formula is C7H9F9N2O2S. The number of likely N-dealkylation sites (N-methyl/N-ethyl adjacent to an activating group) is 1. The fourth-order valence-electron chi connectivity index (χ4n) is 1.02. The van der Waals surface area contributed by atoms with Gasteiger partial charge < -0.3 is 5.73 Å². The van der Waals surface area contributed by atoms with Gasteiger partial charge in [0.15, 0.2) is 0 Å². The standard InChI is InChI=1S/C7H9F9N2O2S/c1-18(3-2-17)21(19,20)7(15,16)5(10,11)4(8,9)6(12,13)14/h2-3,17H2,1H3. The highest BCUT2D eigenvalue weighted by Gasteiger charge is 2.85. The predicted octanol–water partition coefficient (Wildman–Crippen LogP) is 1.63. The van der Waals surface area contributed by atoms with Gasteiger partial charge in [0.2, 0.25) is 0 Å². The van der Waals surface area contributed by atoms with Crippen LogP contribution >= 0.6 is 0 Å². The zero-order valence-corrected chi connectivity index (χ0v) is 10.9. The maximum absolute atomic E-state index is 13.2. The summed E-state index contributed by atoms with van der Waals surface area (Å²) in [6.07, 6.45) is -7.08. The Morgan fingerprint density at radius 2 is 1.29 bits per heavy atom. The van der Waals surface area contributed by atoms with Gasteiger partial charge in [-0.1, -0.05) is 0 Å². The minimum atomic E-state index is -7.26. The first kappa shape index (κ1) is 20.2. The van der Waals surface area contributed by atoms with Crippen molar-refractivity contribution in [3.05, 3.63) is 0 Å². The normalized spacial score (nSPS) is 15.6. The molecule has 0 atom stereocenters. The number of alkyl halides is 9. The number of halogens is 9. The monoisotopic (exact) mass is 356 g/mol. The molecule has 0 aromatic carbocycles. The SMILES string of the molecule is CN(CCN)S(=O)(=O)C(F)(F)C(F)(F)C(F)(F)C(F)(F)F. The second-order valence-corrected chi connectivity index (χ2v) is 5.86. The number of nitrogens with two attached hydrogens (primary N) is 1. The fourth-order valence-corrected chi connectivity index (χ4v) is 2.21. The molecule has 0 aliphatic carbocycles. The van der Waals surface area contributed by atoms with Crippen LogP contribution in [0.5, 0.6) is 0 Å². The van der Waals surface area contributed by atoms with Gasteiger partial charge in [-0.3, -0.25) is 0 Å². The van der Waals surface area contributed by atoms with E-state index in [1.165, 1.54) is 0 Å². The van der Waals surface area contributed by atoms with Gasteiger partial charge in [0.25, 0.3) is 10.0 Å². The largest absolute Gasteiger partial charge is 0.460 e. The van der Waals surface area contributed by atoms with Crippen molar-refractivity contribution < 1.29 is 47.9 Å². The van der Waals surface area contributed by atoms with E-state index >= 15 is 0 Å². The molecule has 0 spiro atoms. The predicted molar refractivity (Wildman–Crippen MR) is 51.5 cm³/mol. The Balaban J connectivity index is 6.02. The Labute approximate surface area is 112 Å². The van der Waals surface area contributed by atoms with E-state index in [1.54, 1.807) is 0 Å². The van der Waals surface area contributed by atoms with Crippen LogP contribution in [0.3, 0.4) is 0 Å². The maximum atomic E-state index is 13.2. The summed E-state index contributed by atoms with van der Waals surface area (Å²) in [7, 11) is -6.24. The molecule has 2 N–H and O–H groups in total. The molecule has 14 heteroatoms. The van der Waals surface area contributed by atoms with E-state index in [1.807, 2.05) is 0 Å². The van der Waals surface area contributed by atoms with Crippen LogP contribution in [0.15, 0.2) is 0 Å². The van der Waals surface area contributed by atoms with E-state index in [0.717, 1.165) is 0 Å². The summed E-state index contributed by atoms with van der Waals surface area (Å²) in [5.41, 5.74) is 4.77. The van der Waals surface area contributed by atoms with Gasteiger partial charge in [-0.15, -0.1) is 0 Å². The van der Waals surface area contributed by atoms with Gasteiger partial charge in [0, 0.05) is 20.1 Å². The van der Waals surface area contributed by atoms with Crippen molar-refractivity contribution in [2.75, 3.05) is 20.1 Å². The molecule has 0 saturated heterocycles. The van der Waals surface area contributed by atoms with E-state index in [9.17, 15) is 47.9 Å². The van der Waals surface area contributed by atoms with Crippen molar-refractivity contribution >= 4 is 10.0 Å². The lowest BCUT2D eigenvalue weighted by molar-refractivity contribution is -0.382. The minimum Gasteiger partial charge on any atom is -0.329 e. The molecule has 0 amide bonds. The van der Waals surface area contributed by atoms with Crippen molar-refractivity contribution in [2.24, 2.45) is 5.73 Å². The zero-order chi connectivity index (χ0) is 17.5. The molecule has 0 fully saturated rings. The van der Waals surface area contributed by atoms with Gasteiger partial charge in [-0.05, 0) is 0 Å².